The van der Waals surface area contributed by atoms with Crippen molar-refractivity contribution < 1.29 is 9.18 Å². The molecule has 2 aromatic rings. The van der Waals surface area contributed by atoms with E-state index in [1.54, 1.807) is 23.9 Å². The Hall–Kier alpha value is -1.81. The van der Waals surface area contributed by atoms with Crippen molar-refractivity contribution in [3.05, 3.63) is 66.0 Å². The summed E-state index contributed by atoms with van der Waals surface area (Å²) < 4.78 is 12.9. The highest BCUT2D eigenvalue weighted by molar-refractivity contribution is 7.99. The molecule has 0 unspecified atom stereocenters. The van der Waals surface area contributed by atoms with Crippen LogP contribution in [0.1, 0.15) is 24.9 Å². The number of carbonyl (C=O) groups excluding carboxylic acids is 1. The molecule has 0 aliphatic heterocycles. The first kappa shape index (κ1) is 15.6. The maximum absolute atomic E-state index is 12.9. The third kappa shape index (κ3) is 5.23. The maximum Gasteiger partial charge on any atom is 0.221 e. The van der Waals surface area contributed by atoms with E-state index in [9.17, 15) is 9.18 Å². The molecule has 0 aliphatic carbocycles. The van der Waals surface area contributed by atoms with Crippen LogP contribution in [-0.4, -0.2) is 11.7 Å². The van der Waals surface area contributed by atoms with Gasteiger partial charge in [-0.15, -0.1) is 11.8 Å². The molecule has 0 bridgehead atoms. The summed E-state index contributed by atoms with van der Waals surface area (Å²) >= 11 is 1.66. The topological polar surface area (TPSA) is 29.1 Å². The molecule has 1 N–H and O–H groups in total. The minimum absolute atomic E-state index is 0.00950. The Balaban J connectivity index is 1.75. The summed E-state index contributed by atoms with van der Waals surface area (Å²) in [6, 6.07) is 16.1. The minimum atomic E-state index is -0.267. The van der Waals surface area contributed by atoms with Gasteiger partial charge in [-0.3, -0.25) is 4.79 Å². The molecule has 1 atom stereocenters. The molecule has 21 heavy (non-hydrogen) atoms. The van der Waals surface area contributed by atoms with Gasteiger partial charge in [-0.2, -0.15) is 0 Å². The lowest BCUT2D eigenvalue weighted by Gasteiger charge is -2.14. The lowest BCUT2D eigenvalue weighted by molar-refractivity contribution is -0.121. The quantitative estimate of drug-likeness (QED) is 0.811. The Morgan fingerprint density at radius 3 is 2.48 bits per heavy atom. The lowest BCUT2D eigenvalue weighted by atomic mass is 10.1. The summed E-state index contributed by atoms with van der Waals surface area (Å²) in [4.78, 5) is 13.0. The smallest absolute Gasteiger partial charge is 0.221 e. The van der Waals surface area contributed by atoms with E-state index in [1.807, 2.05) is 37.3 Å². The van der Waals surface area contributed by atoms with Gasteiger partial charge >= 0.3 is 0 Å². The van der Waals surface area contributed by atoms with E-state index >= 15 is 0 Å². The summed E-state index contributed by atoms with van der Waals surface area (Å²) in [6.07, 6.45) is 0.463. The Bertz CT molecular complexity index is 571. The van der Waals surface area contributed by atoms with Crippen LogP contribution in [0.3, 0.4) is 0 Å². The molecule has 0 aliphatic rings. The van der Waals surface area contributed by atoms with Crippen molar-refractivity contribution in [2.75, 3.05) is 5.75 Å². The molecule has 0 saturated heterocycles. The highest BCUT2D eigenvalue weighted by Gasteiger charge is 2.09. The predicted octanol–water partition coefficient (Wildman–Crippen LogP) is 4.19. The van der Waals surface area contributed by atoms with Crippen LogP contribution in [0.15, 0.2) is 59.5 Å². The monoisotopic (exact) mass is 303 g/mol. The van der Waals surface area contributed by atoms with E-state index in [1.165, 1.54) is 12.1 Å². The van der Waals surface area contributed by atoms with Gasteiger partial charge in [0.2, 0.25) is 5.91 Å². The first-order chi connectivity index (χ1) is 10.1. The molecular weight excluding hydrogens is 285 g/mol. The third-order valence-corrected chi connectivity index (χ3v) is 4.10. The zero-order chi connectivity index (χ0) is 15.1. The number of rotatable bonds is 6. The molecule has 0 saturated carbocycles. The van der Waals surface area contributed by atoms with Crippen LogP contribution >= 0.6 is 11.8 Å². The highest BCUT2D eigenvalue weighted by atomic mass is 32.2. The van der Waals surface area contributed by atoms with Gasteiger partial charge in [0.25, 0.3) is 0 Å². The molecule has 0 fully saturated rings. The van der Waals surface area contributed by atoms with Gasteiger partial charge in [0, 0.05) is 17.1 Å². The average molecular weight is 303 g/mol. The molecule has 2 rings (SSSR count). The summed E-state index contributed by atoms with van der Waals surface area (Å²) in [5.74, 6) is 0.484. The highest BCUT2D eigenvalue weighted by Crippen LogP contribution is 2.18. The number of nitrogens with one attached hydrogen (secondary N) is 1. The molecule has 4 heteroatoms. The first-order valence-electron chi connectivity index (χ1n) is 6.88. The van der Waals surface area contributed by atoms with Crippen molar-refractivity contribution in [1.82, 2.24) is 5.32 Å². The fourth-order valence-electron chi connectivity index (χ4n) is 1.93. The molecule has 0 aromatic heterocycles. The van der Waals surface area contributed by atoms with E-state index in [2.05, 4.69) is 5.32 Å². The van der Waals surface area contributed by atoms with E-state index in [4.69, 9.17) is 0 Å². The second-order valence-corrected chi connectivity index (χ2v) is 5.92. The number of amides is 1. The van der Waals surface area contributed by atoms with Crippen molar-refractivity contribution in [3.63, 3.8) is 0 Å². The molecular formula is C17H18FNOS. The molecule has 0 heterocycles. The number of benzene rings is 2. The predicted molar refractivity (Wildman–Crippen MR) is 84.7 cm³/mol. The van der Waals surface area contributed by atoms with Crippen LogP contribution in [0.5, 0.6) is 0 Å². The van der Waals surface area contributed by atoms with Crippen molar-refractivity contribution in [2.24, 2.45) is 0 Å². The molecule has 110 valence electrons. The minimum Gasteiger partial charge on any atom is -0.350 e. The zero-order valence-corrected chi connectivity index (χ0v) is 12.7. The SMILES string of the molecule is C[C@H](NC(=O)CCSc1ccccc1)c1ccc(F)cc1. The Kier molecular flexibility index (Phi) is 5.81. The Morgan fingerprint density at radius 1 is 1.14 bits per heavy atom. The van der Waals surface area contributed by atoms with Crippen LogP contribution in [0, 0.1) is 5.82 Å². The molecule has 2 nitrogen and oxygen atoms in total. The number of thioether (sulfide) groups is 1. The fourth-order valence-corrected chi connectivity index (χ4v) is 2.80. The number of halogens is 1. The van der Waals surface area contributed by atoms with Gasteiger partial charge in [0.05, 0.1) is 6.04 Å². The van der Waals surface area contributed by atoms with Gasteiger partial charge in [-0.05, 0) is 36.8 Å². The average Bonchev–Trinajstić information content (AvgIpc) is 2.49. The van der Waals surface area contributed by atoms with Crippen LogP contribution in [0.2, 0.25) is 0 Å². The number of hydrogen-bond acceptors (Lipinski definition) is 2. The normalized spacial score (nSPS) is 11.9. The molecule has 0 spiro atoms. The fraction of sp³-hybridized carbons (Fsp3) is 0.235. The molecule has 0 radical (unpaired) electrons. The zero-order valence-electron chi connectivity index (χ0n) is 11.9. The van der Waals surface area contributed by atoms with E-state index in [0.29, 0.717) is 6.42 Å². The second kappa shape index (κ2) is 7.84. The van der Waals surface area contributed by atoms with Crippen molar-refractivity contribution in [2.45, 2.75) is 24.3 Å². The second-order valence-electron chi connectivity index (χ2n) is 4.75. The molecule has 1 amide bonds. The van der Waals surface area contributed by atoms with Gasteiger partial charge in [-0.25, -0.2) is 4.39 Å². The largest absolute Gasteiger partial charge is 0.350 e. The van der Waals surface area contributed by atoms with Crippen LogP contribution < -0.4 is 5.32 Å². The van der Waals surface area contributed by atoms with Gasteiger partial charge in [0.1, 0.15) is 5.82 Å². The standard InChI is InChI=1S/C17H18FNOS/c1-13(14-7-9-15(18)10-8-14)19-17(20)11-12-21-16-5-3-2-4-6-16/h2-10,13H,11-12H2,1H3,(H,19,20)/t13-/m0/s1. The summed E-state index contributed by atoms with van der Waals surface area (Å²) in [5.41, 5.74) is 0.903. The third-order valence-electron chi connectivity index (χ3n) is 3.09. The summed E-state index contributed by atoms with van der Waals surface area (Å²) in [6.45, 7) is 1.90. The van der Waals surface area contributed by atoms with Gasteiger partial charge < -0.3 is 5.32 Å². The Labute approximate surface area is 128 Å². The van der Waals surface area contributed by atoms with E-state index < -0.39 is 0 Å². The number of hydrogen-bond donors (Lipinski definition) is 1. The maximum atomic E-state index is 12.9. The van der Waals surface area contributed by atoms with E-state index in [0.717, 1.165) is 16.2 Å². The molecule has 2 aromatic carbocycles. The first-order valence-corrected chi connectivity index (χ1v) is 7.86. The summed E-state index contributed by atoms with van der Waals surface area (Å²) in [5, 5.41) is 2.93. The van der Waals surface area contributed by atoms with Gasteiger partial charge in [-0.1, -0.05) is 30.3 Å². The van der Waals surface area contributed by atoms with Crippen molar-refractivity contribution in [3.8, 4) is 0 Å². The number of carbonyl (C=O) groups is 1. The van der Waals surface area contributed by atoms with Crippen LogP contribution in [0.25, 0.3) is 0 Å². The Morgan fingerprint density at radius 2 is 1.81 bits per heavy atom. The summed E-state index contributed by atoms with van der Waals surface area (Å²) in [7, 11) is 0. The van der Waals surface area contributed by atoms with Crippen molar-refractivity contribution >= 4 is 17.7 Å². The van der Waals surface area contributed by atoms with Crippen LogP contribution in [0.4, 0.5) is 4.39 Å². The lowest BCUT2D eigenvalue weighted by Crippen LogP contribution is -2.26. The van der Waals surface area contributed by atoms with Gasteiger partial charge in [0.15, 0.2) is 0 Å². The van der Waals surface area contributed by atoms with E-state index in [-0.39, 0.29) is 17.8 Å². The van der Waals surface area contributed by atoms with Crippen molar-refractivity contribution in [1.29, 1.82) is 0 Å². The van der Waals surface area contributed by atoms with Crippen LogP contribution in [-0.2, 0) is 4.79 Å².